The Balaban J connectivity index is 1.47. The average Bonchev–Trinajstić information content (AvgIpc) is 3.12. The Kier molecular flexibility index (Phi) is 9.70. The van der Waals surface area contributed by atoms with E-state index in [0.29, 0.717) is 0 Å². The lowest BCUT2D eigenvalue weighted by Crippen LogP contribution is -2.21. The van der Waals surface area contributed by atoms with E-state index in [1.165, 1.54) is 57.8 Å². The van der Waals surface area contributed by atoms with E-state index in [0.717, 1.165) is 30.0 Å². The van der Waals surface area contributed by atoms with Crippen molar-refractivity contribution in [3.63, 3.8) is 0 Å². The summed E-state index contributed by atoms with van der Waals surface area (Å²) >= 11 is 0. The number of nitrogens with one attached hydrogen (secondary N) is 1. The van der Waals surface area contributed by atoms with Crippen LogP contribution in [0.15, 0.2) is 24.3 Å². The minimum absolute atomic E-state index is 0.0430. The van der Waals surface area contributed by atoms with Gasteiger partial charge in [0.1, 0.15) is 0 Å². The van der Waals surface area contributed by atoms with Gasteiger partial charge in [0.25, 0.3) is 0 Å². The second kappa shape index (κ2) is 12.4. The summed E-state index contributed by atoms with van der Waals surface area (Å²) in [5, 5.41) is 2.95. The van der Waals surface area contributed by atoms with Gasteiger partial charge in [-0.1, -0.05) is 70.8 Å². The molecule has 2 rings (SSSR count). The molecule has 144 valence electrons. The number of rotatable bonds is 13. The summed E-state index contributed by atoms with van der Waals surface area (Å²) in [4.78, 5) is 11.9. The summed E-state index contributed by atoms with van der Waals surface area (Å²) in [6.07, 6.45) is 16.4. The number of carbonyl (C=O) groups is 1. The normalized spacial score (nSPS) is 12.7. The molecule has 1 aliphatic rings. The second-order valence-electron chi connectivity index (χ2n) is 6.92. The van der Waals surface area contributed by atoms with Gasteiger partial charge in [-0.3, -0.25) is 4.79 Å². The van der Waals surface area contributed by atoms with Crippen LogP contribution < -0.4 is 14.8 Å². The molecule has 26 heavy (non-hydrogen) atoms. The highest BCUT2D eigenvalue weighted by atomic mass is 16.7. The Morgan fingerprint density at radius 3 is 2.35 bits per heavy atom. The number of benzene rings is 1. The largest absolute Gasteiger partial charge is 0.454 e. The molecule has 1 amide bonds. The lowest BCUT2D eigenvalue weighted by molar-refractivity contribution is -0.116. The van der Waals surface area contributed by atoms with Crippen molar-refractivity contribution in [3.8, 4) is 11.5 Å². The van der Waals surface area contributed by atoms with Crippen LogP contribution >= 0.6 is 0 Å². The van der Waals surface area contributed by atoms with Crippen LogP contribution in [0, 0.1) is 0 Å². The molecule has 0 aliphatic carbocycles. The Bertz CT molecular complexity index is 569. The van der Waals surface area contributed by atoms with Gasteiger partial charge in [0, 0.05) is 12.6 Å². The maximum absolute atomic E-state index is 11.9. The fourth-order valence-corrected chi connectivity index (χ4v) is 3.07. The zero-order chi connectivity index (χ0) is 18.5. The summed E-state index contributed by atoms with van der Waals surface area (Å²) in [5.74, 6) is 1.45. The van der Waals surface area contributed by atoms with E-state index in [1.807, 2.05) is 18.2 Å². The average molecular weight is 360 g/mol. The Morgan fingerprint density at radius 1 is 0.962 bits per heavy atom. The molecule has 0 spiro atoms. The van der Waals surface area contributed by atoms with Crippen LogP contribution in [0.5, 0.6) is 11.5 Å². The first-order valence-corrected chi connectivity index (χ1v) is 10.1. The molecule has 4 heteroatoms. The van der Waals surface area contributed by atoms with Gasteiger partial charge in [0.05, 0.1) is 0 Å². The van der Waals surface area contributed by atoms with E-state index in [9.17, 15) is 4.79 Å². The van der Waals surface area contributed by atoms with Crippen LogP contribution in [-0.4, -0.2) is 19.2 Å². The second-order valence-corrected chi connectivity index (χ2v) is 6.92. The van der Waals surface area contributed by atoms with Crippen molar-refractivity contribution in [2.45, 2.75) is 71.1 Å². The number of fused-ring (bicyclic) bond motifs is 1. The van der Waals surface area contributed by atoms with E-state index in [2.05, 4.69) is 12.2 Å². The number of carbonyl (C=O) groups excluding carboxylic acids is 1. The van der Waals surface area contributed by atoms with Crippen LogP contribution in [0.1, 0.15) is 76.7 Å². The van der Waals surface area contributed by atoms with Crippen LogP contribution in [0.3, 0.4) is 0 Å². The Hall–Kier alpha value is -1.97. The topological polar surface area (TPSA) is 47.6 Å². The predicted octanol–water partition coefficient (Wildman–Crippen LogP) is 5.47. The fourth-order valence-electron chi connectivity index (χ4n) is 3.07. The molecule has 0 saturated carbocycles. The number of hydrogen-bond acceptors (Lipinski definition) is 3. The first-order chi connectivity index (χ1) is 12.8. The number of hydrogen-bond donors (Lipinski definition) is 1. The van der Waals surface area contributed by atoms with Crippen molar-refractivity contribution >= 4 is 12.0 Å². The maximum Gasteiger partial charge on any atom is 0.243 e. The Labute approximate surface area is 158 Å². The molecule has 0 atom stereocenters. The summed E-state index contributed by atoms with van der Waals surface area (Å²) in [6.45, 7) is 3.27. The zero-order valence-electron chi connectivity index (χ0n) is 16.1. The highest BCUT2D eigenvalue weighted by molar-refractivity contribution is 5.91. The molecule has 1 aliphatic heterocycles. The monoisotopic (exact) mass is 359 g/mol. The molecule has 0 radical (unpaired) electrons. The zero-order valence-corrected chi connectivity index (χ0v) is 16.1. The van der Waals surface area contributed by atoms with Crippen LogP contribution in [0.2, 0.25) is 0 Å². The minimum Gasteiger partial charge on any atom is -0.454 e. The predicted molar refractivity (Wildman–Crippen MR) is 106 cm³/mol. The van der Waals surface area contributed by atoms with Crippen molar-refractivity contribution in [3.05, 3.63) is 29.8 Å². The molecular weight excluding hydrogens is 326 g/mol. The van der Waals surface area contributed by atoms with Crippen molar-refractivity contribution in [1.29, 1.82) is 0 Å². The summed E-state index contributed by atoms with van der Waals surface area (Å²) < 4.78 is 10.6. The van der Waals surface area contributed by atoms with Crippen molar-refractivity contribution in [1.82, 2.24) is 5.32 Å². The van der Waals surface area contributed by atoms with E-state index < -0.39 is 0 Å². The van der Waals surface area contributed by atoms with Gasteiger partial charge in [0.15, 0.2) is 11.5 Å². The molecule has 0 saturated heterocycles. The van der Waals surface area contributed by atoms with Crippen LogP contribution in [-0.2, 0) is 4.79 Å². The third kappa shape index (κ3) is 7.94. The highest BCUT2D eigenvalue weighted by Crippen LogP contribution is 2.32. The standard InChI is InChI=1S/C22H33NO3/c1-2-3-4-5-6-7-8-9-10-11-16-23-22(24)15-13-19-12-14-20-21(17-19)26-18-25-20/h12-15,17H,2-11,16,18H2,1H3,(H,23,24). The van der Waals surface area contributed by atoms with Crippen molar-refractivity contribution < 1.29 is 14.3 Å². The first kappa shape index (κ1) is 20.3. The van der Waals surface area contributed by atoms with E-state index in [-0.39, 0.29) is 12.7 Å². The molecule has 0 unspecified atom stereocenters. The fraction of sp³-hybridized carbons (Fsp3) is 0.591. The molecule has 1 aromatic rings. The number of ether oxygens (including phenoxy) is 2. The van der Waals surface area contributed by atoms with Crippen molar-refractivity contribution in [2.24, 2.45) is 0 Å². The van der Waals surface area contributed by atoms with Gasteiger partial charge >= 0.3 is 0 Å². The SMILES string of the molecule is CCCCCCCCCCCCNC(=O)C=Cc1ccc2c(c1)OCO2. The van der Waals surface area contributed by atoms with E-state index >= 15 is 0 Å². The van der Waals surface area contributed by atoms with Crippen LogP contribution in [0.25, 0.3) is 6.08 Å². The van der Waals surface area contributed by atoms with Gasteiger partial charge in [-0.25, -0.2) is 0 Å². The smallest absolute Gasteiger partial charge is 0.243 e. The highest BCUT2D eigenvalue weighted by Gasteiger charge is 2.12. The lowest BCUT2D eigenvalue weighted by atomic mass is 10.1. The van der Waals surface area contributed by atoms with E-state index in [4.69, 9.17) is 9.47 Å². The molecule has 1 aromatic carbocycles. The van der Waals surface area contributed by atoms with Gasteiger partial charge in [-0.05, 0) is 30.2 Å². The molecular formula is C22H33NO3. The number of unbranched alkanes of at least 4 members (excludes halogenated alkanes) is 9. The summed E-state index contributed by atoms with van der Waals surface area (Å²) in [7, 11) is 0. The number of amides is 1. The lowest BCUT2D eigenvalue weighted by Gasteiger charge is -2.03. The van der Waals surface area contributed by atoms with Gasteiger partial charge < -0.3 is 14.8 Å². The summed E-state index contributed by atoms with van der Waals surface area (Å²) in [6, 6.07) is 5.66. The molecule has 1 N–H and O–H groups in total. The molecule has 1 heterocycles. The van der Waals surface area contributed by atoms with Crippen molar-refractivity contribution in [2.75, 3.05) is 13.3 Å². The minimum atomic E-state index is -0.0430. The van der Waals surface area contributed by atoms with Crippen LogP contribution in [0.4, 0.5) is 0 Å². The Morgan fingerprint density at radius 2 is 1.62 bits per heavy atom. The molecule has 0 fully saturated rings. The maximum atomic E-state index is 11.9. The quantitative estimate of drug-likeness (QED) is 0.375. The molecule has 4 nitrogen and oxygen atoms in total. The van der Waals surface area contributed by atoms with Gasteiger partial charge in [0.2, 0.25) is 12.7 Å². The van der Waals surface area contributed by atoms with E-state index in [1.54, 1.807) is 12.2 Å². The van der Waals surface area contributed by atoms with Gasteiger partial charge in [-0.15, -0.1) is 0 Å². The molecule has 0 aromatic heterocycles. The third-order valence-corrected chi connectivity index (χ3v) is 4.65. The first-order valence-electron chi connectivity index (χ1n) is 10.1. The summed E-state index contributed by atoms with van der Waals surface area (Å²) in [5.41, 5.74) is 0.934. The third-order valence-electron chi connectivity index (χ3n) is 4.65. The van der Waals surface area contributed by atoms with Gasteiger partial charge in [-0.2, -0.15) is 0 Å². The molecule has 0 bridgehead atoms.